The van der Waals surface area contributed by atoms with E-state index in [-0.39, 0.29) is 147 Å². The zero-order valence-electron chi connectivity index (χ0n) is 29.0. The van der Waals surface area contributed by atoms with Crippen molar-refractivity contribution >= 4 is 51.1 Å². The summed E-state index contributed by atoms with van der Waals surface area (Å²) >= 11 is 0. The first-order valence-electron chi connectivity index (χ1n) is 14.8. The summed E-state index contributed by atoms with van der Waals surface area (Å²) in [6, 6.07) is 5.52. The first-order valence-corrected chi connectivity index (χ1v) is 14.8. The molecule has 2 aliphatic heterocycles. The van der Waals surface area contributed by atoms with Gasteiger partial charge in [-0.05, 0) is 68.7 Å². The summed E-state index contributed by atoms with van der Waals surface area (Å²) in [5.41, 5.74) is 8.02. The molecule has 0 aliphatic carbocycles. The number of rotatable bonds is 8. The van der Waals surface area contributed by atoms with Crippen molar-refractivity contribution in [2.45, 2.75) is 85.5 Å². The molecule has 3 aromatic rings. The van der Waals surface area contributed by atoms with Gasteiger partial charge < -0.3 is 39.7 Å². The Morgan fingerprint density at radius 1 is 0.792 bits per heavy atom. The molecule has 0 amide bonds. The van der Waals surface area contributed by atoms with Gasteiger partial charge in [0.15, 0.2) is 0 Å². The molecule has 3 aromatic heterocycles. The van der Waals surface area contributed by atoms with E-state index >= 15 is 0 Å². The smallest absolute Gasteiger partial charge is 0.657 e. The number of carboxylic acids is 3. The number of aliphatic carboxylic acids is 2. The number of fused-ring (bicyclic) bond motifs is 8. The molecule has 2 aliphatic rings. The van der Waals surface area contributed by atoms with E-state index in [0.717, 1.165) is 39.9 Å². The molecule has 0 spiro atoms. The number of nitrogens with zero attached hydrogens (tertiary/aromatic N) is 4. The Bertz CT molecular complexity index is 1940. The number of aryl methyl sites for hydroxylation is 3. The molecule has 239 valence electrons. The molecule has 1 radical (unpaired) electrons. The third-order valence-corrected chi connectivity index (χ3v) is 8.99. The van der Waals surface area contributed by atoms with Gasteiger partial charge in [-0.3, -0.25) is 4.98 Å². The number of aromatic carboxylic acids is 1. The molecular weight excluding hydrogens is 693 g/mol. The molecule has 0 saturated carbocycles. The number of allylic oxidation sites excluding steroid dienone is 2. The number of carbonyl (C=O) groups is 3. The monoisotopic (exact) mass is 725 g/mol. The summed E-state index contributed by atoms with van der Waals surface area (Å²) in [4.78, 5) is 55.5. The Balaban J connectivity index is 0.00000288. The molecule has 0 N–H and O–H groups in total. The molecule has 0 fully saturated rings. The number of hydrogen-bond acceptors (Lipinski definition) is 8. The van der Waals surface area contributed by atoms with Crippen LogP contribution in [0, 0.1) is 13.8 Å². The fourth-order valence-corrected chi connectivity index (χ4v) is 6.56. The minimum absolute atomic E-state index is 0. The van der Waals surface area contributed by atoms with Gasteiger partial charge >= 0.3 is 106 Å². The Morgan fingerprint density at radius 3 is 1.98 bits per heavy atom. The SMILES string of the molecule is CCC1=C(C)c2cc3[n-]c(cc4nc(c(CC(=O)[O-])c5[n-]c(cc1n2)c(C)c5C(=O)[O-])C(CCC(=O)[O-])C4C)c(C)c3CC.[Cu+2].[Na+].[Na+].[Na+]. The van der Waals surface area contributed by atoms with Crippen LogP contribution in [-0.2, 0) is 39.5 Å². The van der Waals surface area contributed by atoms with Gasteiger partial charge in [-0.25, -0.2) is 4.98 Å². The van der Waals surface area contributed by atoms with Crippen molar-refractivity contribution in [2.24, 2.45) is 0 Å². The predicted molar refractivity (Wildman–Crippen MR) is 159 cm³/mol. The minimum Gasteiger partial charge on any atom is -0.657 e. The van der Waals surface area contributed by atoms with Gasteiger partial charge in [0, 0.05) is 41.6 Å². The molecule has 0 saturated heterocycles. The molecule has 48 heavy (non-hydrogen) atoms. The van der Waals surface area contributed by atoms with E-state index < -0.39 is 30.2 Å². The zero-order valence-corrected chi connectivity index (χ0v) is 35.9. The molecule has 2 unspecified atom stereocenters. The normalized spacial score (nSPS) is 15.0. The first kappa shape index (κ1) is 44.8. The summed E-state index contributed by atoms with van der Waals surface area (Å²) in [5, 5.41) is 36.2. The van der Waals surface area contributed by atoms with Crippen LogP contribution in [0.4, 0.5) is 0 Å². The maximum absolute atomic E-state index is 12.5. The van der Waals surface area contributed by atoms with E-state index in [0.29, 0.717) is 34.4 Å². The Labute approximate surface area is 356 Å². The van der Waals surface area contributed by atoms with Crippen molar-refractivity contribution in [3.8, 4) is 0 Å². The number of carbonyl (C=O) groups excluding carboxylic acids is 3. The van der Waals surface area contributed by atoms with Gasteiger partial charge in [0.25, 0.3) is 0 Å². The average Bonchev–Trinajstić information content (AvgIpc) is 3.63. The first-order chi connectivity index (χ1) is 20.9. The average molecular weight is 726 g/mol. The molecule has 0 aromatic carbocycles. The van der Waals surface area contributed by atoms with Crippen LogP contribution in [0.15, 0.2) is 18.2 Å². The predicted octanol–water partition coefficient (Wildman–Crippen LogP) is -6.82. The van der Waals surface area contributed by atoms with Crippen LogP contribution >= 0.6 is 0 Å². The standard InChI is InChI=1S/C34H38N4O6.Cu.3Na/c1-7-19-15(3)23-12-25-17(5)21(9-10-29(39)40)32(37-25)22(11-30(41)42)33-31(34(43)44)18(6)26(38-33)14-28-20(8-2)16(4)24(36-28)13-27(19)35-23;;;;/h12-14,17,21H,7-11H2,1-6H3,(H5,35,36,37,38,39,40,41,42,43,44);;;;/q;+2;3*+1/p-5. The third-order valence-electron chi connectivity index (χ3n) is 8.99. The van der Waals surface area contributed by atoms with Crippen LogP contribution in [0.5, 0.6) is 0 Å². The van der Waals surface area contributed by atoms with E-state index in [1.54, 1.807) is 13.0 Å². The van der Waals surface area contributed by atoms with Gasteiger partial charge in [-0.15, -0.1) is 22.1 Å². The zero-order chi connectivity index (χ0) is 32.0. The molecular formula is C34H33CuN4Na3O6. The molecule has 8 bridgehead atoms. The van der Waals surface area contributed by atoms with Gasteiger partial charge in [-0.1, -0.05) is 55.7 Å². The van der Waals surface area contributed by atoms with Crippen LogP contribution in [0.1, 0.15) is 114 Å². The van der Waals surface area contributed by atoms with Crippen LogP contribution in [0.3, 0.4) is 0 Å². The number of aromatic nitrogens is 4. The van der Waals surface area contributed by atoms with Gasteiger partial charge in [0.1, 0.15) is 0 Å². The van der Waals surface area contributed by atoms with Crippen molar-refractivity contribution in [1.29, 1.82) is 0 Å². The fourth-order valence-electron chi connectivity index (χ4n) is 6.56. The molecule has 5 rings (SSSR count). The molecule has 5 heterocycles. The van der Waals surface area contributed by atoms with E-state index in [1.807, 2.05) is 39.8 Å². The second kappa shape index (κ2) is 18.3. The second-order valence-corrected chi connectivity index (χ2v) is 11.5. The van der Waals surface area contributed by atoms with Crippen LogP contribution in [-0.4, -0.2) is 27.9 Å². The third kappa shape index (κ3) is 8.62. The van der Waals surface area contributed by atoms with Crippen LogP contribution in [0.2, 0.25) is 0 Å². The number of hydrogen-bond donors (Lipinski definition) is 0. The van der Waals surface area contributed by atoms with Crippen molar-refractivity contribution in [3.05, 3.63) is 68.8 Å². The van der Waals surface area contributed by atoms with E-state index in [4.69, 9.17) is 15.0 Å². The maximum atomic E-state index is 12.5. The van der Waals surface area contributed by atoms with E-state index in [9.17, 15) is 29.7 Å². The summed E-state index contributed by atoms with van der Waals surface area (Å²) in [5.74, 6) is -5.12. The molecule has 14 heteroatoms. The van der Waals surface area contributed by atoms with E-state index in [2.05, 4.69) is 11.9 Å². The van der Waals surface area contributed by atoms with Crippen molar-refractivity contribution in [2.75, 3.05) is 0 Å². The van der Waals surface area contributed by atoms with Gasteiger partial charge in [-0.2, -0.15) is 0 Å². The van der Waals surface area contributed by atoms with Gasteiger partial charge in [0.2, 0.25) is 0 Å². The minimum atomic E-state index is -1.51. The van der Waals surface area contributed by atoms with Crippen LogP contribution in [0.25, 0.3) is 33.2 Å². The molecule has 10 nitrogen and oxygen atoms in total. The Morgan fingerprint density at radius 2 is 1.42 bits per heavy atom. The quantitative estimate of drug-likeness (QED) is 0.203. The fraction of sp³-hybridized carbons (Fsp3) is 0.382. The Kier molecular flexibility index (Phi) is 17.1. The second-order valence-electron chi connectivity index (χ2n) is 11.5. The summed E-state index contributed by atoms with van der Waals surface area (Å²) in [6.45, 7) is 11.5. The van der Waals surface area contributed by atoms with Crippen molar-refractivity contribution < 1.29 is 135 Å². The van der Waals surface area contributed by atoms with Crippen molar-refractivity contribution in [1.82, 2.24) is 19.9 Å². The van der Waals surface area contributed by atoms with Crippen molar-refractivity contribution in [3.63, 3.8) is 0 Å². The number of carboxylic acid groups (broad SMARTS) is 3. The summed E-state index contributed by atoms with van der Waals surface area (Å²) in [7, 11) is 0. The Hall–Kier alpha value is -1.21. The van der Waals surface area contributed by atoms with E-state index in [1.165, 1.54) is 0 Å². The maximum Gasteiger partial charge on any atom is 2.00 e. The summed E-state index contributed by atoms with van der Waals surface area (Å²) in [6.07, 6.45) is 0.528. The molecule has 2 atom stereocenters. The van der Waals surface area contributed by atoms with Crippen LogP contribution < -0.4 is 114 Å². The largest absolute Gasteiger partial charge is 2.00 e. The topological polar surface area (TPSA) is 174 Å². The summed E-state index contributed by atoms with van der Waals surface area (Å²) < 4.78 is 0. The van der Waals surface area contributed by atoms with Gasteiger partial charge in [0.05, 0.1) is 17.4 Å².